The second-order valence-corrected chi connectivity index (χ2v) is 5.24. The van der Waals surface area contributed by atoms with Crippen molar-refractivity contribution in [1.82, 2.24) is 0 Å². The molecule has 3 nitrogen and oxygen atoms in total. The Balaban J connectivity index is 2.93. The lowest BCUT2D eigenvalue weighted by molar-refractivity contribution is 0.183. The minimum Gasteiger partial charge on any atom is -0.389 e. The molecule has 0 radical (unpaired) electrons. The molecule has 0 aliphatic carbocycles. The highest BCUT2D eigenvalue weighted by atomic mass is 79.9. The lowest BCUT2D eigenvalue weighted by atomic mass is 10.2. The molecule has 0 aliphatic heterocycles. The molecule has 1 aromatic rings. The van der Waals surface area contributed by atoms with Crippen LogP contribution in [0.5, 0.6) is 0 Å². The Morgan fingerprint density at radius 3 is 2.71 bits per heavy atom. The highest BCUT2D eigenvalue weighted by molar-refractivity contribution is 9.10. The number of benzene rings is 1. The van der Waals surface area contributed by atoms with Crippen molar-refractivity contribution in [3.05, 3.63) is 28.2 Å². The van der Waals surface area contributed by atoms with Gasteiger partial charge in [-0.1, -0.05) is 12.2 Å². The van der Waals surface area contributed by atoms with E-state index in [1.54, 1.807) is 7.11 Å². The van der Waals surface area contributed by atoms with Crippen molar-refractivity contribution in [3.8, 4) is 0 Å². The van der Waals surface area contributed by atoms with Gasteiger partial charge in [0, 0.05) is 35.9 Å². The third-order valence-electron chi connectivity index (χ3n) is 2.69. The first-order valence-electron chi connectivity index (χ1n) is 5.28. The Labute approximate surface area is 116 Å². The lowest BCUT2D eigenvalue weighted by Crippen LogP contribution is -2.32. The Hall–Kier alpha value is -0.650. The SMILES string of the molecule is COCC(C)N(C)c1ccc(C(N)=S)c(Br)c1. The number of rotatable bonds is 5. The highest BCUT2D eigenvalue weighted by Crippen LogP contribution is 2.24. The van der Waals surface area contributed by atoms with Crippen molar-refractivity contribution in [2.45, 2.75) is 13.0 Å². The summed E-state index contributed by atoms with van der Waals surface area (Å²) in [5.74, 6) is 0. The fourth-order valence-corrected chi connectivity index (χ4v) is 2.42. The Morgan fingerprint density at radius 1 is 1.59 bits per heavy atom. The zero-order chi connectivity index (χ0) is 13.0. The zero-order valence-corrected chi connectivity index (χ0v) is 12.6. The average Bonchev–Trinajstić information content (AvgIpc) is 2.27. The van der Waals surface area contributed by atoms with Gasteiger partial charge in [-0.05, 0) is 41.1 Å². The number of hydrogen-bond acceptors (Lipinski definition) is 3. The molecular formula is C12H17BrN2OS. The monoisotopic (exact) mass is 316 g/mol. The van der Waals surface area contributed by atoms with Crippen LogP contribution in [0.2, 0.25) is 0 Å². The second-order valence-electron chi connectivity index (χ2n) is 3.94. The van der Waals surface area contributed by atoms with E-state index in [2.05, 4.69) is 27.8 Å². The largest absolute Gasteiger partial charge is 0.389 e. The second kappa shape index (κ2) is 6.33. The van der Waals surface area contributed by atoms with Gasteiger partial charge in [-0.3, -0.25) is 0 Å². The number of halogens is 1. The summed E-state index contributed by atoms with van der Waals surface area (Å²) in [5.41, 5.74) is 7.57. The number of ether oxygens (including phenoxy) is 1. The van der Waals surface area contributed by atoms with Crippen LogP contribution in [0, 0.1) is 0 Å². The molecule has 94 valence electrons. The maximum Gasteiger partial charge on any atom is 0.105 e. The fraction of sp³-hybridized carbons (Fsp3) is 0.417. The summed E-state index contributed by atoms with van der Waals surface area (Å²) >= 11 is 8.44. The number of likely N-dealkylation sites (N-methyl/N-ethyl adjacent to an activating group) is 1. The van der Waals surface area contributed by atoms with E-state index in [9.17, 15) is 0 Å². The molecule has 0 amide bonds. The Morgan fingerprint density at radius 2 is 2.24 bits per heavy atom. The average molecular weight is 317 g/mol. The minimum atomic E-state index is 0.308. The zero-order valence-electron chi connectivity index (χ0n) is 10.2. The van der Waals surface area contributed by atoms with Gasteiger partial charge in [0.2, 0.25) is 0 Å². The molecule has 0 saturated carbocycles. The molecular weight excluding hydrogens is 300 g/mol. The molecule has 0 aromatic heterocycles. The van der Waals surface area contributed by atoms with E-state index in [0.29, 0.717) is 17.6 Å². The number of hydrogen-bond donors (Lipinski definition) is 1. The molecule has 1 aromatic carbocycles. The fourth-order valence-electron chi connectivity index (χ4n) is 1.53. The summed E-state index contributed by atoms with van der Waals surface area (Å²) in [6, 6.07) is 6.26. The molecule has 5 heteroatoms. The number of anilines is 1. The third-order valence-corrected chi connectivity index (χ3v) is 3.57. The number of nitrogens with two attached hydrogens (primary N) is 1. The van der Waals surface area contributed by atoms with E-state index in [1.165, 1.54) is 0 Å². The van der Waals surface area contributed by atoms with Gasteiger partial charge < -0.3 is 15.4 Å². The number of thiocarbonyl (C=S) groups is 1. The maximum absolute atomic E-state index is 5.62. The molecule has 0 heterocycles. The molecule has 0 spiro atoms. The maximum atomic E-state index is 5.62. The van der Waals surface area contributed by atoms with Gasteiger partial charge in [-0.2, -0.15) is 0 Å². The molecule has 0 fully saturated rings. The van der Waals surface area contributed by atoms with E-state index in [0.717, 1.165) is 15.7 Å². The molecule has 1 unspecified atom stereocenters. The van der Waals surface area contributed by atoms with E-state index in [-0.39, 0.29) is 0 Å². The Bertz CT molecular complexity index is 411. The van der Waals surface area contributed by atoms with E-state index >= 15 is 0 Å². The van der Waals surface area contributed by atoms with Crippen LogP contribution in [0.1, 0.15) is 12.5 Å². The summed E-state index contributed by atoms with van der Waals surface area (Å²) < 4.78 is 6.06. The van der Waals surface area contributed by atoms with Crippen molar-refractivity contribution in [2.75, 3.05) is 25.7 Å². The standard InChI is InChI=1S/C12H17BrN2OS/c1-8(7-16-3)15(2)9-4-5-10(12(14)17)11(13)6-9/h4-6,8H,7H2,1-3H3,(H2,14,17). The Kier molecular flexibility index (Phi) is 5.36. The first-order valence-corrected chi connectivity index (χ1v) is 6.48. The molecule has 0 aliphatic rings. The van der Waals surface area contributed by atoms with Crippen LogP contribution in [-0.2, 0) is 4.74 Å². The van der Waals surface area contributed by atoms with Crippen LogP contribution in [-0.4, -0.2) is 31.8 Å². The first-order chi connectivity index (χ1) is 7.97. The molecule has 0 saturated heterocycles. The van der Waals surface area contributed by atoms with Crippen LogP contribution in [0.3, 0.4) is 0 Å². The number of methoxy groups -OCH3 is 1. The van der Waals surface area contributed by atoms with Gasteiger partial charge in [0.1, 0.15) is 4.99 Å². The predicted octanol–water partition coefficient (Wildman–Crippen LogP) is 2.55. The van der Waals surface area contributed by atoms with Crippen molar-refractivity contribution in [1.29, 1.82) is 0 Å². The van der Waals surface area contributed by atoms with Crippen LogP contribution < -0.4 is 10.6 Å². The molecule has 1 rings (SSSR count). The summed E-state index contributed by atoms with van der Waals surface area (Å²) in [4.78, 5) is 2.55. The molecule has 1 atom stereocenters. The lowest BCUT2D eigenvalue weighted by Gasteiger charge is -2.26. The van der Waals surface area contributed by atoms with Crippen molar-refractivity contribution >= 4 is 38.8 Å². The normalized spacial score (nSPS) is 12.2. The van der Waals surface area contributed by atoms with Gasteiger partial charge in [0.05, 0.1) is 6.61 Å². The highest BCUT2D eigenvalue weighted by Gasteiger charge is 2.11. The topological polar surface area (TPSA) is 38.5 Å². The molecule has 2 N–H and O–H groups in total. The predicted molar refractivity (Wildman–Crippen MR) is 79.8 cm³/mol. The van der Waals surface area contributed by atoms with Crippen LogP contribution in [0.15, 0.2) is 22.7 Å². The van der Waals surface area contributed by atoms with E-state index in [1.807, 2.05) is 25.2 Å². The summed E-state index contributed by atoms with van der Waals surface area (Å²) in [6.07, 6.45) is 0. The smallest absolute Gasteiger partial charge is 0.105 e. The van der Waals surface area contributed by atoms with Crippen molar-refractivity contribution < 1.29 is 4.74 Å². The van der Waals surface area contributed by atoms with Gasteiger partial charge in [0.25, 0.3) is 0 Å². The number of nitrogens with zero attached hydrogens (tertiary/aromatic N) is 1. The summed E-state index contributed by atoms with van der Waals surface area (Å²) in [7, 11) is 3.74. The quantitative estimate of drug-likeness (QED) is 0.847. The summed E-state index contributed by atoms with van der Waals surface area (Å²) in [6.45, 7) is 2.80. The van der Waals surface area contributed by atoms with Crippen molar-refractivity contribution in [3.63, 3.8) is 0 Å². The summed E-state index contributed by atoms with van der Waals surface area (Å²) in [5, 5.41) is 0. The van der Waals surface area contributed by atoms with Gasteiger partial charge in [-0.15, -0.1) is 0 Å². The minimum absolute atomic E-state index is 0.308. The first kappa shape index (κ1) is 14.4. The van der Waals surface area contributed by atoms with Gasteiger partial charge >= 0.3 is 0 Å². The van der Waals surface area contributed by atoms with Gasteiger partial charge in [-0.25, -0.2) is 0 Å². The molecule has 17 heavy (non-hydrogen) atoms. The van der Waals surface area contributed by atoms with Crippen LogP contribution in [0.4, 0.5) is 5.69 Å². The molecule has 0 bridgehead atoms. The van der Waals surface area contributed by atoms with Crippen LogP contribution >= 0.6 is 28.1 Å². The van der Waals surface area contributed by atoms with Crippen molar-refractivity contribution in [2.24, 2.45) is 5.73 Å². The van der Waals surface area contributed by atoms with E-state index < -0.39 is 0 Å². The van der Waals surface area contributed by atoms with E-state index in [4.69, 9.17) is 22.7 Å². The van der Waals surface area contributed by atoms with Gasteiger partial charge in [0.15, 0.2) is 0 Å². The third kappa shape index (κ3) is 3.66. The van der Waals surface area contributed by atoms with Crippen LogP contribution in [0.25, 0.3) is 0 Å².